The Labute approximate surface area is 354 Å². The Balaban J connectivity index is 1.13. The summed E-state index contributed by atoms with van der Waals surface area (Å²) in [6, 6.07) is 85.4. The van der Waals surface area contributed by atoms with Crippen molar-refractivity contribution in [2.24, 2.45) is 0 Å². The van der Waals surface area contributed by atoms with E-state index in [1.165, 1.54) is 93.9 Å². The number of hydrogen-bond acceptors (Lipinski definition) is 1. The summed E-state index contributed by atoms with van der Waals surface area (Å²) in [5.74, 6) is 0. The zero-order valence-electron chi connectivity index (χ0n) is 33.3. The Hall–Kier alpha value is -7.94. The fraction of sp³-hybridized carbons (Fsp3) is 0.0169. The Bertz CT molecular complexity index is 3560. The van der Waals surface area contributed by atoms with Crippen molar-refractivity contribution in [1.29, 1.82) is 0 Å². The first-order chi connectivity index (χ1) is 30.3. The molecule has 0 bridgehead atoms. The van der Waals surface area contributed by atoms with Crippen LogP contribution in [-0.4, -0.2) is 4.57 Å². The van der Waals surface area contributed by atoms with Gasteiger partial charge >= 0.3 is 0 Å². The van der Waals surface area contributed by atoms with Crippen molar-refractivity contribution in [2.45, 2.75) is 5.41 Å². The van der Waals surface area contributed by atoms with E-state index in [0.717, 1.165) is 17.1 Å². The Morgan fingerprint density at radius 1 is 0.361 bits per heavy atom. The first kappa shape index (κ1) is 34.0. The third kappa shape index (κ3) is 4.73. The lowest BCUT2D eigenvalue weighted by Crippen LogP contribution is -2.33. The minimum atomic E-state index is -0.555. The van der Waals surface area contributed by atoms with Gasteiger partial charge in [-0.2, -0.15) is 0 Å². The molecule has 0 saturated carbocycles. The van der Waals surface area contributed by atoms with Crippen LogP contribution in [0.15, 0.2) is 231 Å². The lowest BCUT2D eigenvalue weighted by molar-refractivity contribution is 0.748. The predicted octanol–water partition coefficient (Wildman–Crippen LogP) is 15.4. The molecule has 0 amide bonds. The summed E-state index contributed by atoms with van der Waals surface area (Å²) < 4.78 is 2.52. The molecule has 0 N–H and O–H groups in total. The summed E-state index contributed by atoms with van der Waals surface area (Å²) in [6.45, 7) is 0. The minimum absolute atomic E-state index is 0.555. The Morgan fingerprint density at radius 3 is 1.90 bits per heavy atom. The van der Waals surface area contributed by atoms with Crippen molar-refractivity contribution in [1.82, 2.24) is 4.57 Å². The van der Waals surface area contributed by atoms with Crippen LogP contribution in [0.25, 0.3) is 71.6 Å². The standard InChI is InChI=1S/C59H38N2/c1-2-17-39(18-3-1)41-21-14-22-43(37-41)45-23-7-11-31-53(45)60(44-36-35-40-19-4-5-20-42(40)38-44)56-34-16-29-51-57(56)48-25-6-9-27-49(48)59(51)50-28-10-13-33-55(50)61-54-32-12-8-24-46(54)47-26-15-30-52(59)58(47)61/h1-38H. The molecule has 1 aliphatic carbocycles. The van der Waals surface area contributed by atoms with Crippen LogP contribution < -0.4 is 4.90 Å². The number of benzene rings is 10. The first-order valence-corrected chi connectivity index (χ1v) is 21.2. The van der Waals surface area contributed by atoms with E-state index in [-0.39, 0.29) is 0 Å². The maximum absolute atomic E-state index is 2.53. The van der Waals surface area contributed by atoms with Crippen LogP contribution in [0, 0.1) is 0 Å². The van der Waals surface area contributed by atoms with Crippen molar-refractivity contribution in [2.75, 3.05) is 4.90 Å². The number of fused-ring (bicyclic) bond motifs is 13. The van der Waals surface area contributed by atoms with Crippen LogP contribution in [0.4, 0.5) is 17.1 Å². The summed E-state index contributed by atoms with van der Waals surface area (Å²) in [5, 5.41) is 4.99. The molecule has 2 heterocycles. The highest BCUT2D eigenvalue weighted by Gasteiger charge is 2.51. The highest BCUT2D eigenvalue weighted by atomic mass is 15.1. The zero-order valence-corrected chi connectivity index (χ0v) is 33.3. The van der Waals surface area contributed by atoms with Crippen molar-refractivity contribution in [3.8, 4) is 39.1 Å². The van der Waals surface area contributed by atoms with Crippen LogP contribution in [0.5, 0.6) is 0 Å². The van der Waals surface area contributed by atoms with Gasteiger partial charge in [0, 0.05) is 27.6 Å². The molecule has 1 aromatic heterocycles. The van der Waals surface area contributed by atoms with E-state index in [1.807, 2.05) is 0 Å². The number of para-hydroxylation sites is 4. The molecule has 11 aromatic rings. The van der Waals surface area contributed by atoms with Gasteiger partial charge < -0.3 is 9.47 Å². The molecule has 61 heavy (non-hydrogen) atoms. The van der Waals surface area contributed by atoms with E-state index >= 15 is 0 Å². The summed E-state index contributed by atoms with van der Waals surface area (Å²) >= 11 is 0. The second kappa shape index (κ2) is 13.0. The van der Waals surface area contributed by atoms with Gasteiger partial charge in [-0.05, 0) is 97.7 Å². The van der Waals surface area contributed by atoms with Crippen LogP contribution in [0.1, 0.15) is 22.3 Å². The van der Waals surface area contributed by atoms with Gasteiger partial charge in [-0.1, -0.05) is 188 Å². The molecule has 0 radical (unpaired) electrons. The topological polar surface area (TPSA) is 8.17 Å². The summed E-state index contributed by atoms with van der Waals surface area (Å²) in [4.78, 5) is 2.53. The number of anilines is 3. The highest BCUT2D eigenvalue weighted by Crippen LogP contribution is 2.63. The fourth-order valence-corrected chi connectivity index (χ4v) is 10.9. The number of hydrogen-bond donors (Lipinski definition) is 0. The van der Waals surface area contributed by atoms with Gasteiger partial charge in [0.15, 0.2) is 0 Å². The molecule has 1 unspecified atom stereocenters. The van der Waals surface area contributed by atoms with Crippen LogP contribution >= 0.6 is 0 Å². The summed E-state index contributed by atoms with van der Waals surface area (Å²) in [6.07, 6.45) is 0. The average Bonchev–Trinajstić information content (AvgIpc) is 3.83. The fourth-order valence-electron chi connectivity index (χ4n) is 10.9. The summed E-state index contributed by atoms with van der Waals surface area (Å²) in [7, 11) is 0. The van der Waals surface area contributed by atoms with Gasteiger partial charge in [-0.3, -0.25) is 0 Å². The van der Waals surface area contributed by atoms with E-state index < -0.39 is 5.41 Å². The lowest BCUT2D eigenvalue weighted by atomic mass is 9.65. The van der Waals surface area contributed by atoms with E-state index in [1.54, 1.807) is 0 Å². The van der Waals surface area contributed by atoms with Crippen LogP contribution in [0.3, 0.4) is 0 Å². The molecule has 10 aromatic carbocycles. The second-order valence-electron chi connectivity index (χ2n) is 16.4. The smallest absolute Gasteiger partial charge is 0.0755 e. The third-order valence-electron chi connectivity index (χ3n) is 13.4. The zero-order chi connectivity index (χ0) is 40.1. The molecule has 1 spiro atoms. The number of aromatic nitrogens is 1. The molecule has 13 rings (SSSR count). The maximum atomic E-state index is 2.53. The molecule has 1 atom stereocenters. The third-order valence-corrected chi connectivity index (χ3v) is 13.4. The molecule has 2 heteroatoms. The first-order valence-electron chi connectivity index (χ1n) is 21.2. The molecule has 1 aliphatic heterocycles. The molecule has 0 fully saturated rings. The highest BCUT2D eigenvalue weighted by molar-refractivity contribution is 6.13. The molecule has 284 valence electrons. The van der Waals surface area contributed by atoms with E-state index in [9.17, 15) is 0 Å². The normalized spacial score (nSPS) is 14.6. The predicted molar refractivity (Wildman–Crippen MR) is 255 cm³/mol. The van der Waals surface area contributed by atoms with Crippen LogP contribution in [-0.2, 0) is 5.41 Å². The van der Waals surface area contributed by atoms with Gasteiger partial charge in [-0.25, -0.2) is 0 Å². The maximum Gasteiger partial charge on any atom is 0.0755 e. The Morgan fingerprint density at radius 2 is 0.984 bits per heavy atom. The van der Waals surface area contributed by atoms with Crippen molar-refractivity contribution < 1.29 is 0 Å². The number of rotatable bonds is 5. The average molecular weight is 775 g/mol. The molecular formula is C59H38N2. The second-order valence-corrected chi connectivity index (χ2v) is 16.4. The largest absolute Gasteiger partial charge is 0.309 e. The molecule has 0 saturated heterocycles. The number of nitrogens with zero attached hydrogens (tertiary/aromatic N) is 2. The summed E-state index contributed by atoms with van der Waals surface area (Å²) in [5.41, 5.74) is 19.1. The van der Waals surface area contributed by atoms with Gasteiger partial charge in [0.05, 0.1) is 33.5 Å². The monoisotopic (exact) mass is 774 g/mol. The van der Waals surface area contributed by atoms with Crippen LogP contribution in [0.2, 0.25) is 0 Å². The van der Waals surface area contributed by atoms with E-state index in [0.29, 0.717) is 0 Å². The molecular weight excluding hydrogens is 737 g/mol. The van der Waals surface area contributed by atoms with Gasteiger partial charge in [0.25, 0.3) is 0 Å². The quantitative estimate of drug-likeness (QED) is 0.169. The molecule has 2 aliphatic rings. The van der Waals surface area contributed by atoms with Crippen molar-refractivity contribution >= 4 is 49.6 Å². The van der Waals surface area contributed by atoms with Gasteiger partial charge in [0.1, 0.15) is 0 Å². The van der Waals surface area contributed by atoms with Crippen molar-refractivity contribution in [3.05, 3.63) is 253 Å². The SMILES string of the molecule is c1ccc(-c2cccc(-c3ccccc3N(c3ccc4ccccc4c3)c3cccc4c3-c3ccccc3C43c4ccccc4-n4c5ccccc5c5cccc3c54)c2)cc1. The lowest BCUT2D eigenvalue weighted by Gasteiger charge is -2.39. The van der Waals surface area contributed by atoms with Gasteiger partial charge in [0.2, 0.25) is 0 Å². The molecule has 2 nitrogen and oxygen atoms in total. The Kier molecular flexibility index (Phi) is 7.26. The van der Waals surface area contributed by atoms with E-state index in [2.05, 4.69) is 240 Å². The minimum Gasteiger partial charge on any atom is -0.309 e. The van der Waals surface area contributed by atoms with Gasteiger partial charge in [-0.15, -0.1) is 0 Å². The van der Waals surface area contributed by atoms with E-state index in [4.69, 9.17) is 0 Å². The van der Waals surface area contributed by atoms with Crippen molar-refractivity contribution in [3.63, 3.8) is 0 Å².